The fourth-order valence-corrected chi connectivity index (χ4v) is 3.48. The lowest BCUT2D eigenvalue weighted by Gasteiger charge is -2.18. The van der Waals surface area contributed by atoms with Crippen molar-refractivity contribution in [1.82, 2.24) is 0 Å². The number of rotatable bonds is 3. The molecule has 0 bridgehead atoms. The van der Waals surface area contributed by atoms with Gasteiger partial charge in [0.2, 0.25) is 0 Å². The van der Waals surface area contributed by atoms with E-state index in [1.165, 1.54) is 11.1 Å². The maximum absolute atomic E-state index is 12.1. The molecule has 0 N–H and O–H groups in total. The van der Waals surface area contributed by atoms with Crippen LogP contribution >= 0.6 is 11.6 Å². The van der Waals surface area contributed by atoms with Crippen molar-refractivity contribution in [3.63, 3.8) is 0 Å². The number of alkyl halides is 1. The molecule has 1 aliphatic carbocycles. The van der Waals surface area contributed by atoms with Crippen molar-refractivity contribution in [1.29, 1.82) is 0 Å². The zero-order valence-electron chi connectivity index (χ0n) is 12.3. The number of carbonyl (C=O) groups is 1. The van der Waals surface area contributed by atoms with Gasteiger partial charge in [-0.25, -0.2) is 0 Å². The average Bonchev–Trinajstić information content (AvgIpc) is 2.65. The van der Waals surface area contributed by atoms with E-state index < -0.39 is 0 Å². The Hall–Kier alpha value is -1.02. The van der Waals surface area contributed by atoms with Crippen LogP contribution in [0.2, 0.25) is 0 Å². The summed E-state index contributed by atoms with van der Waals surface area (Å²) in [5.41, 5.74) is 5.56. The molecule has 19 heavy (non-hydrogen) atoms. The largest absolute Gasteiger partial charge is 0.496 e. The Bertz CT molecular complexity index is 544. The summed E-state index contributed by atoms with van der Waals surface area (Å²) in [6.07, 6.45) is 2.00. The van der Waals surface area contributed by atoms with Gasteiger partial charge in [-0.15, -0.1) is 11.6 Å². The zero-order chi connectivity index (χ0) is 14.4. The quantitative estimate of drug-likeness (QED) is 0.621. The number of benzene rings is 1. The monoisotopic (exact) mass is 280 g/mol. The van der Waals surface area contributed by atoms with Gasteiger partial charge in [0.1, 0.15) is 5.75 Å². The van der Waals surface area contributed by atoms with Gasteiger partial charge >= 0.3 is 0 Å². The van der Waals surface area contributed by atoms with Crippen LogP contribution < -0.4 is 4.74 Å². The van der Waals surface area contributed by atoms with Gasteiger partial charge in [-0.1, -0.05) is 13.8 Å². The Labute approximate surface area is 120 Å². The number of Topliss-reactive ketones (excluding diaryl/α,β-unsaturated/α-hetero) is 1. The molecule has 0 heterocycles. The molecule has 0 saturated heterocycles. The van der Waals surface area contributed by atoms with Crippen LogP contribution in [0.25, 0.3) is 0 Å². The Morgan fingerprint density at radius 3 is 2.32 bits per heavy atom. The summed E-state index contributed by atoms with van der Waals surface area (Å²) in [6, 6.07) is 0. The highest BCUT2D eigenvalue weighted by Crippen LogP contribution is 2.45. The molecule has 0 radical (unpaired) electrons. The van der Waals surface area contributed by atoms with E-state index in [0.29, 0.717) is 0 Å². The number of ketones is 1. The molecule has 2 rings (SSSR count). The van der Waals surface area contributed by atoms with Crippen LogP contribution in [-0.4, -0.2) is 18.8 Å². The molecule has 1 aliphatic rings. The molecule has 104 valence electrons. The second-order valence-electron chi connectivity index (χ2n) is 6.19. The maximum Gasteiger partial charge on any atom is 0.178 e. The molecule has 2 nitrogen and oxygen atoms in total. The van der Waals surface area contributed by atoms with Crippen LogP contribution in [0.5, 0.6) is 5.75 Å². The fraction of sp³-hybridized carbons (Fsp3) is 0.562. The Morgan fingerprint density at radius 2 is 1.79 bits per heavy atom. The first kappa shape index (κ1) is 14.4. The highest BCUT2D eigenvalue weighted by molar-refractivity contribution is 6.31. The van der Waals surface area contributed by atoms with Crippen molar-refractivity contribution in [3.05, 3.63) is 27.8 Å². The number of carbonyl (C=O) groups excluding carboxylic acids is 1. The molecule has 0 spiro atoms. The standard InChI is InChI=1S/C16H21ClO2/c1-9-11-6-16(3,4)7-12(11)15(19-5)10(2)14(9)13(18)8-17/h6-8H2,1-5H3. The van der Waals surface area contributed by atoms with Gasteiger partial charge < -0.3 is 4.74 Å². The van der Waals surface area contributed by atoms with Crippen molar-refractivity contribution in [2.24, 2.45) is 5.41 Å². The highest BCUT2D eigenvalue weighted by Gasteiger charge is 2.34. The van der Waals surface area contributed by atoms with Crippen LogP contribution in [0.4, 0.5) is 0 Å². The van der Waals surface area contributed by atoms with E-state index in [4.69, 9.17) is 16.3 Å². The number of methoxy groups -OCH3 is 1. The second kappa shape index (κ2) is 4.82. The number of fused-ring (bicyclic) bond motifs is 1. The van der Waals surface area contributed by atoms with E-state index in [1.54, 1.807) is 7.11 Å². The predicted octanol–water partition coefficient (Wildman–Crippen LogP) is 3.86. The van der Waals surface area contributed by atoms with Crippen LogP contribution in [0.3, 0.4) is 0 Å². The number of hydrogen-bond donors (Lipinski definition) is 0. The first-order valence-corrected chi connectivity index (χ1v) is 7.14. The maximum atomic E-state index is 12.1. The minimum absolute atomic E-state index is 0.0116. The summed E-state index contributed by atoms with van der Waals surface area (Å²) in [4.78, 5) is 12.1. The molecule has 1 aromatic rings. The Balaban J connectivity index is 2.73. The summed E-state index contributed by atoms with van der Waals surface area (Å²) in [6.45, 7) is 8.50. The van der Waals surface area contributed by atoms with Crippen LogP contribution in [0.15, 0.2) is 0 Å². The highest BCUT2D eigenvalue weighted by atomic mass is 35.5. The minimum atomic E-state index is -0.0116. The number of hydrogen-bond acceptors (Lipinski definition) is 2. The van der Waals surface area contributed by atoms with Crippen molar-refractivity contribution >= 4 is 17.4 Å². The first-order chi connectivity index (χ1) is 8.82. The molecule has 0 saturated carbocycles. The zero-order valence-corrected chi connectivity index (χ0v) is 13.1. The molecule has 0 unspecified atom stereocenters. The average molecular weight is 281 g/mol. The molecule has 0 aromatic heterocycles. The minimum Gasteiger partial charge on any atom is -0.496 e. The SMILES string of the molecule is COc1c(C)c(C(=O)CCl)c(C)c2c1CC(C)(C)C2. The van der Waals surface area contributed by atoms with Gasteiger partial charge in [-0.3, -0.25) is 4.79 Å². The third-order valence-corrected chi connectivity index (χ3v) is 4.34. The molecule has 0 fully saturated rings. The topological polar surface area (TPSA) is 26.3 Å². The van der Waals surface area contributed by atoms with Gasteiger partial charge in [0, 0.05) is 11.1 Å². The third-order valence-electron chi connectivity index (χ3n) is 4.10. The van der Waals surface area contributed by atoms with E-state index in [2.05, 4.69) is 13.8 Å². The van der Waals surface area contributed by atoms with Crippen molar-refractivity contribution in [3.8, 4) is 5.75 Å². The molecule has 1 aromatic carbocycles. The van der Waals surface area contributed by atoms with E-state index in [-0.39, 0.29) is 17.1 Å². The van der Waals surface area contributed by atoms with E-state index in [1.807, 2.05) is 13.8 Å². The normalized spacial score (nSPS) is 16.3. The fourth-order valence-electron chi connectivity index (χ4n) is 3.34. The van der Waals surface area contributed by atoms with Gasteiger partial charge in [-0.05, 0) is 48.8 Å². The lowest BCUT2D eigenvalue weighted by atomic mass is 9.89. The Morgan fingerprint density at radius 1 is 1.21 bits per heavy atom. The molecule has 0 aliphatic heterocycles. The second-order valence-corrected chi connectivity index (χ2v) is 6.46. The van der Waals surface area contributed by atoms with Crippen LogP contribution in [-0.2, 0) is 12.8 Å². The number of halogens is 1. The molecular weight excluding hydrogens is 260 g/mol. The summed E-state index contributed by atoms with van der Waals surface area (Å²) in [5.74, 6) is 0.884. The Kier molecular flexibility index (Phi) is 3.65. The lowest BCUT2D eigenvalue weighted by Crippen LogP contribution is -2.11. The number of ether oxygens (including phenoxy) is 1. The van der Waals surface area contributed by atoms with E-state index in [0.717, 1.165) is 35.3 Å². The summed E-state index contributed by atoms with van der Waals surface area (Å²) >= 11 is 5.74. The third kappa shape index (κ3) is 2.27. The first-order valence-electron chi connectivity index (χ1n) is 6.60. The van der Waals surface area contributed by atoms with Gasteiger partial charge in [0.05, 0.1) is 13.0 Å². The van der Waals surface area contributed by atoms with Crippen molar-refractivity contribution in [2.45, 2.75) is 40.5 Å². The van der Waals surface area contributed by atoms with Gasteiger partial charge in [-0.2, -0.15) is 0 Å². The van der Waals surface area contributed by atoms with Crippen molar-refractivity contribution in [2.75, 3.05) is 13.0 Å². The smallest absolute Gasteiger partial charge is 0.178 e. The molecule has 0 amide bonds. The summed E-state index contributed by atoms with van der Waals surface area (Å²) < 4.78 is 5.58. The van der Waals surface area contributed by atoms with Gasteiger partial charge in [0.15, 0.2) is 5.78 Å². The lowest BCUT2D eigenvalue weighted by molar-refractivity contribution is 0.101. The molecular formula is C16H21ClO2. The summed E-state index contributed by atoms with van der Waals surface area (Å²) in [7, 11) is 1.68. The van der Waals surface area contributed by atoms with Crippen molar-refractivity contribution < 1.29 is 9.53 Å². The molecule has 3 heteroatoms. The van der Waals surface area contributed by atoms with E-state index >= 15 is 0 Å². The van der Waals surface area contributed by atoms with Crippen LogP contribution in [0.1, 0.15) is 46.5 Å². The summed E-state index contributed by atoms with van der Waals surface area (Å²) in [5, 5.41) is 0. The van der Waals surface area contributed by atoms with E-state index in [9.17, 15) is 4.79 Å². The molecule has 0 atom stereocenters. The van der Waals surface area contributed by atoms with Crippen LogP contribution in [0, 0.1) is 19.3 Å². The predicted molar refractivity (Wildman–Crippen MR) is 78.7 cm³/mol. The van der Waals surface area contributed by atoms with Gasteiger partial charge in [0.25, 0.3) is 0 Å².